The highest BCUT2D eigenvalue weighted by Gasteiger charge is 1.98. The quantitative estimate of drug-likeness (QED) is 0.584. The summed E-state index contributed by atoms with van der Waals surface area (Å²) in [5.41, 5.74) is 1.37. The third kappa shape index (κ3) is 0.868. The van der Waals surface area contributed by atoms with Gasteiger partial charge in [-0.25, -0.2) is 15.0 Å². The van der Waals surface area contributed by atoms with Gasteiger partial charge in [0.1, 0.15) is 5.52 Å². The highest BCUT2D eigenvalue weighted by atomic mass is 15.1. The largest absolute Gasteiger partial charge is 0.318 e. The molecule has 0 fully saturated rings. The summed E-state index contributed by atoms with van der Waals surface area (Å²) in [6.45, 7) is 0. The van der Waals surface area contributed by atoms with Crippen molar-refractivity contribution in [2.24, 2.45) is 7.05 Å². The third-order valence-corrected chi connectivity index (χ3v) is 1.60. The minimum Gasteiger partial charge on any atom is -0.318 e. The number of hydrogen-bond acceptors (Lipinski definition) is 4. The Morgan fingerprint density at radius 1 is 1.25 bits per heavy atom. The lowest BCUT2D eigenvalue weighted by Crippen LogP contribution is -2.12. The Morgan fingerprint density at radius 2 is 2.00 bits per heavy atom. The van der Waals surface area contributed by atoms with Crippen molar-refractivity contribution in [3.8, 4) is 0 Å². The summed E-state index contributed by atoms with van der Waals surface area (Å²) in [6.07, 6.45) is 4.71. The van der Waals surface area contributed by atoms with E-state index >= 15 is 0 Å². The molecule has 0 saturated carbocycles. The van der Waals surface area contributed by atoms with E-state index < -0.39 is 0 Å². The van der Waals surface area contributed by atoms with E-state index in [1.807, 2.05) is 7.05 Å². The van der Waals surface area contributed by atoms with Gasteiger partial charge in [-0.05, 0) is 0 Å². The smallest absolute Gasteiger partial charge is 0.176 e. The number of nitrogens with one attached hydrogen (secondary N) is 1. The lowest BCUT2D eigenvalue weighted by Gasteiger charge is -2.00. The summed E-state index contributed by atoms with van der Waals surface area (Å²) in [7, 11) is 1.82. The average Bonchev–Trinajstić information content (AvgIpc) is 2.12. The molecule has 5 nitrogen and oxygen atoms in total. The highest BCUT2D eigenvalue weighted by molar-refractivity contribution is 5.67. The Morgan fingerprint density at radius 3 is 2.75 bits per heavy atom. The van der Waals surface area contributed by atoms with Gasteiger partial charge in [0.15, 0.2) is 11.1 Å². The van der Waals surface area contributed by atoms with Crippen molar-refractivity contribution in [3.05, 3.63) is 24.2 Å². The molecule has 0 amide bonds. The third-order valence-electron chi connectivity index (χ3n) is 1.60. The van der Waals surface area contributed by atoms with Gasteiger partial charge >= 0.3 is 0 Å². The van der Waals surface area contributed by atoms with Crippen LogP contribution >= 0.6 is 0 Å². The van der Waals surface area contributed by atoms with Crippen LogP contribution < -0.4 is 5.49 Å². The highest BCUT2D eigenvalue weighted by Crippen LogP contribution is 1.97. The molecule has 0 aromatic carbocycles. The van der Waals surface area contributed by atoms with Crippen molar-refractivity contribution >= 4 is 11.2 Å². The molecular formula is C7H7N5. The number of rotatable bonds is 0. The van der Waals surface area contributed by atoms with Crippen molar-refractivity contribution in [2.45, 2.75) is 0 Å². The molecule has 2 aromatic rings. The second-order valence-electron chi connectivity index (χ2n) is 2.43. The van der Waals surface area contributed by atoms with Crippen molar-refractivity contribution in [2.75, 3.05) is 0 Å². The van der Waals surface area contributed by atoms with Gasteiger partial charge in [-0.2, -0.15) is 0 Å². The first-order valence-electron chi connectivity index (χ1n) is 3.46. The summed E-state index contributed by atoms with van der Waals surface area (Å²) >= 11 is 0. The molecule has 2 aromatic heterocycles. The zero-order chi connectivity index (χ0) is 8.55. The van der Waals surface area contributed by atoms with E-state index in [4.69, 9.17) is 5.41 Å². The van der Waals surface area contributed by atoms with Crippen LogP contribution in [0.2, 0.25) is 0 Å². The molecular weight excluding hydrogens is 154 g/mol. The number of aryl methyl sites for hydroxylation is 1. The van der Waals surface area contributed by atoms with Gasteiger partial charge in [-0.1, -0.05) is 0 Å². The van der Waals surface area contributed by atoms with Crippen LogP contribution in [0.4, 0.5) is 0 Å². The molecule has 0 atom stereocenters. The van der Waals surface area contributed by atoms with Crippen LogP contribution in [0.25, 0.3) is 11.2 Å². The van der Waals surface area contributed by atoms with E-state index in [9.17, 15) is 0 Å². The monoisotopic (exact) mass is 161 g/mol. The molecule has 0 aliphatic heterocycles. The van der Waals surface area contributed by atoms with Crippen LogP contribution in [0.1, 0.15) is 0 Å². The minimum absolute atomic E-state index is 0.163. The molecule has 12 heavy (non-hydrogen) atoms. The molecule has 0 aliphatic rings. The molecule has 0 aliphatic carbocycles. The number of aromatic nitrogens is 4. The summed E-state index contributed by atoms with van der Waals surface area (Å²) in [5.74, 6) is 0. The van der Waals surface area contributed by atoms with E-state index in [1.165, 1.54) is 0 Å². The number of nitrogens with zero attached hydrogens (tertiary/aromatic N) is 4. The van der Waals surface area contributed by atoms with Crippen molar-refractivity contribution < 1.29 is 0 Å². The standard InChI is InChI=1S/C7H7N5/c1-12-4-11-6(8)5-7(12)10-3-2-9-5/h2-4,8H,1H3. The summed E-state index contributed by atoms with van der Waals surface area (Å²) < 4.78 is 1.74. The maximum absolute atomic E-state index is 7.43. The van der Waals surface area contributed by atoms with Crippen LogP contribution in [0, 0.1) is 5.41 Å². The first-order chi connectivity index (χ1) is 5.79. The topological polar surface area (TPSA) is 67.5 Å². The van der Waals surface area contributed by atoms with Crippen LogP contribution in [-0.4, -0.2) is 19.5 Å². The molecule has 0 radical (unpaired) electrons. The zero-order valence-corrected chi connectivity index (χ0v) is 6.52. The van der Waals surface area contributed by atoms with Crippen LogP contribution in [-0.2, 0) is 7.05 Å². The van der Waals surface area contributed by atoms with Gasteiger partial charge in [0.25, 0.3) is 0 Å². The van der Waals surface area contributed by atoms with Gasteiger partial charge in [0, 0.05) is 19.4 Å². The average molecular weight is 161 g/mol. The van der Waals surface area contributed by atoms with Gasteiger partial charge < -0.3 is 4.57 Å². The molecule has 5 heteroatoms. The van der Waals surface area contributed by atoms with Crippen LogP contribution in [0.3, 0.4) is 0 Å². The number of hydrogen-bond donors (Lipinski definition) is 1. The fourth-order valence-electron chi connectivity index (χ4n) is 1.02. The first kappa shape index (κ1) is 6.90. The lowest BCUT2D eigenvalue weighted by molar-refractivity contribution is 0.864. The molecule has 2 heterocycles. The maximum Gasteiger partial charge on any atom is 0.176 e. The predicted molar refractivity (Wildman–Crippen MR) is 42.2 cm³/mol. The lowest BCUT2D eigenvalue weighted by atomic mass is 10.5. The number of fused-ring (bicyclic) bond motifs is 1. The van der Waals surface area contributed by atoms with Gasteiger partial charge in [0.2, 0.25) is 0 Å². The van der Waals surface area contributed by atoms with Gasteiger partial charge in [-0.15, -0.1) is 0 Å². The van der Waals surface area contributed by atoms with Gasteiger partial charge in [0.05, 0.1) is 6.33 Å². The molecule has 0 spiro atoms. The summed E-state index contributed by atoms with van der Waals surface area (Å²) in [5, 5.41) is 7.43. The van der Waals surface area contributed by atoms with E-state index in [1.54, 1.807) is 23.3 Å². The Kier molecular flexibility index (Phi) is 1.36. The van der Waals surface area contributed by atoms with Crippen molar-refractivity contribution in [1.29, 1.82) is 5.41 Å². The second kappa shape index (κ2) is 2.37. The summed E-state index contributed by atoms with van der Waals surface area (Å²) in [6, 6.07) is 0. The van der Waals surface area contributed by atoms with E-state index in [0.717, 1.165) is 0 Å². The molecule has 0 bridgehead atoms. The van der Waals surface area contributed by atoms with E-state index in [0.29, 0.717) is 11.2 Å². The molecule has 2 rings (SSSR count). The molecule has 1 N–H and O–H groups in total. The molecule has 0 unspecified atom stereocenters. The fourth-order valence-corrected chi connectivity index (χ4v) is 1.02. The van der Waals surface area contributed by atoms with E-state index in [-0.39, 0.29) is 5.49 Å². The molecule has 60 valence electrons. The first-order valence-corrected chi connectivity index (χ1v) is 3.46. The Balaban J connectivity index is 3.05. The van der Waals surface area contributed by atoms with Crippen LogP contribution in [0.15, 0.2) is 18.7 Å². The summed E-state index contributed by atoms with van der Waals surface area (Å²) in [4.78, 5) is 11.9. The van der Waals surface area contributed by atoms with Crippen molar-refractivity contribution in [1.82, 2.24) is 19.5 Å². The minimum atomic E-state index is 0.163. The Labute approximate surface area is 68.3 Å². The normalized spacial score (nSPS) is 10.4. The van der Waals surface area contributed by atoms with Crippen LogP contribution in [0.5, 0.6) is 0 Å². The van der Waals surface area contributed by atoms with Crippen molar-refractivity contribution in [3.63, 3.8) is 0 Å². The second-order valence-corrected chi connectivity index (χ2v) is 2.43. The molecule has 0 saturated heterocycles. The SMILES string of the molecule is Cn1cnc(=N)c2nccnc21. The zero-order valence-electron chi connectivity index (χ0n) is 6.52. The van der Waals surface area contributed by atoms with Gasteiger partial charge in [-0.3, -0.25) is 5.41 Å². The Bertz CT molecular complexity index is 472. The predicted octanol–water partition coefficient (Wildman–Crippen LogP) is -0.157. The Hall–Kier alpha value is -1.78. The van der Waals surface area contributed by atoms with E-state index in [2.05, 4.69) is 15.0 Å². The fraction of sp³-hybridized carbons (Fsp3) is 0.143. The maximum atomic E-state index is 7.43.